The molecular weight excluding hydrogens is 369 g/mol. The second-order valence-corrected chi connectivity index (χ2v) is 8.44. The first-order valence-corrected chi connectivity index (χ1v) is 10.1. The Morgan fingerprint density at radius 3 is 2.70 bits per heavy atom. The molecule has 0 bridgehead atoms. The zero-order valence-electron chi connectivity index (χ0n) is 14.7. The van der Waals surface area contributed by atoms with Crippen molar-refractivity contribution in [3.8, 4) is 11.4 Å². The van der Waals surface area contributed by atoms with Gasteiger partial charge in [0.2, 0.25) is 21.7 Å². The van der Waals surface area contributed by atoms with Crippen LogP contribution in [0.2, 0.25) is 0 Å². The smallest absolute Gasteiger partial charge is 0.245 e. The Kier molecular flexibility index (Phi) is 4.53. The molecule has 1 atom stereocenters. The maximum atomic E-state index is 13.1. The molecule has 0 radical (unpaired) electrons. The SMILES string of the molecule is Cc1cccc(-c2noc(C3CCCN3S(=O)(=O)c3ccc(F)cc3)n2)c1. The van der Waals surface area contributed by atoms with Crippen molar-refractivity contribution in [2.75, 3.05) is 6.54 Å². The van der Waals surface area contributed by atoms with E-state index in [4.69, 9.17) is 4.52 Å². The lowest BCUT2D eigenvalue weighted by Crippen LogP contribution is -2.30. The third-order valence-corrected chi connectivity index (χ3v) is 6.55. The van der Waals surface area contributed by atoms with Crippen molar-refractivity contribution in [2.24, 2.45) is 0 Å². The average molecular weight is 387 g/mol. The first kappa shape index (κ1) is 17.8. The molecule has 1 fully saturated rings. The van der Waals surface area contributed by atoms with E-state index in [1.807, 2.05) is 31.2 Å². The Hall–Kier alpha value is -2.58. The van der Waals surface area contributed by atoms with Gasteiger partial charge in [-0.25, -0.2) is 12.8 Å². The van der Waals surface area contributed by atoms with E-state index >= 15 is 0 Å². The third-order valence-electron chi connectivity index (χ3n) is 4.63. The summed E-state index contributed by atoms with van der Waals surface area (Å²) in [6.07, 6.45) is 1.28. The van der Waals surface area contributed by atoms with Crippen LogP contribution in [0.1, 0.15) is 30.3 Å². The molecule has 1 unspecified atom stereocenters. The molecule has 1 aliphatic heterocycles. The Labute approximate surface area is 156 Å². The van der Waals surface area contributed by atoms with Gasteiger partial charge in [-0.05, 0) is 50.1 Å². The van der Waals surface area contributed by atoms with Gasteiger partial charge >= 0.3 is 0 Å². The normalized spacial score (nSPS) is 18.1. The summed E-state index contributed by atoms with van der Waals surface area (Å²) >= 11 is 0. The van der Waals surface area contributed by atoms with E-state index in [0.29, 0.717) is 25.2 Å². The predicted octanol–water partition coefficient (Wildman–Crippen LogP) is 3.71. The number of nitrogens with zero attached hydrogens (tertiary/aromatic N) is 3. The predicted molar refractivity (Wildman–Crippen MR) is 96.7 cm³/mol. The van der Waals surface area contributed by atoms with Gasteiger partial charge in [0.15, 0.2) is 0 Å². The summed E-state index contributed by atoms with van der Waals surface area (Å²) < 4.78 is 45.8. The quantitative estimate of drug-likeness (QED) is 0.682. The number of aryl methyl sites for hydroxylation is 1. The minimum absolute atomic E-state index is 0.0502. The molecule has 140 valence electrons. The monoisotopic (exact) mass is 387 g/mol. The van der Waals surface area contributed by atoms with Crippen LogP contribution in [0, 0.1) is 12.7 Å². The molecule has 27 heavy (non-hydrogen) atoms. The van der Waals surface area contributed by atoms with Crippen molar-refractivity contribution < 1.29 is 17.3 Å². The van der Waals surface area contributed by atoms with Gasteiger partial charge in [0.05, 0.1) is 4.90 Å². The molecule has 4 rings (SSSR count). The maximum absolute atomic E-state index is 13.1. The highest BCUT2D eigenvalue weighted by atomic mass is 32.2. The van der Waals surface area contributed by atoms with Gasteiger partial charge in [0.25, 0.3) is 0 Å². The highest BCUT2D eigenvalue weighted by Gasteiger charge is 2.39. The van der Waals surface area contributed by atoms with Gasteiger partial charge in [-0.2, -0.15) is 9.29 Å². The highest BCUT2D eigenvalue weighted by molar-refractivity contribution is 7.89. The van der Waals surface area contributed by atoms with Crippen LogP contribution >= 0.6 is 0 Å². The number of benzene rings is 2. The average Bonchev–Trinajstić information content (AvgIpc) is 3.32. The number of hydrogen-bond acceptors (Lipinski definition) is 5. The van der Waals surface area contributed by atoms with Crippen molar-refractivity contribution in [3.05, 3.63) is 65.8 Å². The summed E-state index contributed by atoms with van der Waals surface area (Å²) in [5.74, 6) is 0.223. The van der Waals surface area contributed by atoms with Gasteiger partial charge < -0.3 is 4.52 Å². The molecule has 3 aromatic rings. The first-order chi connectivity index (χ1) is 12.9. The van der Waals surface area contributed by atoms with Crippen molar-refractivity contribution in [1.82, 2.24) is 14.4 Å². The molecule has 0 spiro atoms. The number of aromatic nitrogens is 2. The van der Waals surface area contributed by atoms with E-state index in [-0.39, 0.29) is 10.8 Å². The Morgan fingerprint density at radius 2 is 1.96 bits per heavy atom. The van der Waals surface area contributed by atoms with Crippen LogP contribution in [0.15, 0.2) is 57.9 Å². The Balaban J connectivity index is 1.65. The van der Waals surface area contributed by atoms with E-state index < -0.39 is 21.9 Å². The second-order valence-electron chi connectivity index (χ2n) is 6.55. The summed E-state index contributed by atoms with van der Waals surface area (Å²) in [4.78, 5) is 4.48. The van der Waals surface area contributed by atoms with E-state index in [0.717, 1.165) is 23.3 Å². The van der Waals surface area contributed by atoms with Crippen molar-refractivity contribution >= 4 is 10.0 Å². The Bertz CT molecular complexity index is 1060. The molecular formula is C19H18FN3O3S. The number of hydrogen-bond donors (Lipinski definition) is 0. The van der Waals surface area contributed by atoms with Crippen LogP contribution in [0.3, 0.4) is 0 Å². The molecule has 0 N–H and O–H groups in total. The van der Waals surface area contributed by atoms with Crippen LogP contribution in [-0.4, -0.2) is 29.4 Å². The van der Waals surface area contributed by atoms with E-state index in [2.05, 4.69) is 10.1 Å². The first-order valence-electron chi connectivity index (χ1n) is 8.63. The van der Waals surface area contributed by atoms with Gasteiger partial charge in [-0.1, -0.05) is 28.9 Å². The summed E-state index contributed by atoms with van der Waals surface area (Å²) in [5.41, 5.74) is 1.89. The fraction of sp³-hybridized carbons (Fsp3) is 0.263. The molecule has 8 heteroatoms. The molecule has 0 saturated carbocycles. The van der Waals surface area contributed by atoms with Gasteiger partial charge in [0, 0.05) is 12.1 Å². The summed E-state index contributed by atoms with van der Waals surface area (Å²) in [6, 6.07) is 12.0. The summed E-state index contributed by atoms with van der Waals surface area (Å²) in [6.45, 7) is 2.32. The molecule has 2 aromatic carbocycles. The minimum Gasteiger partial charge on any atom is -0.337 e. The minimum atomic E-state index is -3.78. The molecule has 2 heterocycles. The highest BCUT2D eigenvalue weighted by Crippen LogP contribution is 2.36. The molecule has 0 aliphatic carbocycles. The van der Waals surface area contributed by atoms with Crippen LogP contribution in [0.5, 0.6) is 0 Å². The Morgan fingerprint density at radius 1 is 1.19 bits per heavy atom. The number of sulfonamides is 1. The molecule has 6 nitrogen and oxygen atoms in total. The van der Waals surface area contributed by atoms with Crippen LogP contribution in [0.25, 0.3) is 11.4 Å². The van der Waals surface area contributed by atoms with Crippen molar-refractivity contribution in [1.29, 1.82) is 0 Å². The fourth-order valence-electron chi connectivity index (χ4n) is 3.29. The maximum Gasteiger partial charge on any atom is 0.245 e. The number of halogens is 1. The van der Waals surface area contributed by atoms with Crippen LogP contribution < -0.4 is 0 Å². The lowest BCUT2D eigenvalue weighted by Gasteiger charge is -2.21. The van der Waals surface area contributed by atoms with Crippen LogP contribution in [0.4, 0.5) is 4.39 Å². The van der Waals surface area contributed by atoms with Gasteiger partial charge in [-0.15, -0.1) is 0 Å². The molecule has 0 amide bonds. The molecule has 1 aliphatic rings. The van der Waals surface area contributed by atoms with Crippen molar-refractivity contribution in [2.45, 2.75) is 30.7 Å². The topological polar surface area (TPSA) is 76.3 Å². The summed E-state index contributed by atoms with van der Waals surface area (Å²) in [5, 5.41) is 4.02. The van der Waals surface area contributed by atoms with E-state index in [1.54, 1.807) is 0 Å². The second kappa shape index (κ2) is 6.86. The largest absolute Gasteiger partial charge is 0.337 e. The van der Waals surface area contributed by atoms with Gasteiger partial charge in [0.1, 0.15) is 11.9 Å². The zero-order valence-corrected chi connectivity index (χ0v) is 15.5. The van der Waals surface area contributed by atoms with Crippen molar-refractivity contribution in [3.63, 3.8) is 0 Å². The zero-order chi connectivity index (χ0) is 19.0. The third kappa shape index (κ3) is 3.38. The standard InChI is InChI=1S/C19H18FN3O3S/c1-13-4-2-5-14(12-13)18-21-19(26-22-18)17-6-3-11-23(17)27(24,25)16-9-7-15(20)8-10-16/h2,4-5,7-10,12,17H,3,6,11H2,1H3. The summed E-state index contributed by atoms with van der Waals surface area (Å²) in [7, 11) is -3.78. The lowest BCUT2D eigenvalue weighted by atomic mass is 10.1. The number of rotatable bonds is 4. The molecule has 1 saturated heterocycles. The van der Waals surface area contributed by atoms with E-state index in [9.17, 15) is 12.8 Å². The molecule has 1 aromatic heterocycles. The van der Waals surface area contributed by atoms with Gasteiger partial charge in [-0.3, -0.25) is 0 Å². The lowest BCUT2D eigenvalue weighted by molar-refractivity contribution is 0.290. The van der Waals surface area contributed by atoms with Crippen LogP contribution in [-0.2, 0) is 10.0 Å². The van der Waals surface area contributed by atoms with E-state index in [1.165, 1.54) is 16.4 Å². The fourth-order valence-corrected chi connectivity index (χ4v) is 4.94.